The number of aromatic amines is 1. The minimum absolute atomic E-state index is 0.0359. The van der Waals surface area contributed by atoms with Crippen molar-refractivity contribution in [1.82, 2.24) is 10.3 Å². The van der Waals surface area contributed by atoms with E-state index in [0.29, 0.717) is 17.1 Å². The van der Waals surface area contributed by atoms with Gasteiger partial charge in [-0.25, -0.2) is 0 Å². The number of rotatable bonds is 5. The van der Waals surface area contributed by atoms with Crippen LogP contribution < -0.4 is 5.32 Å². The third-order valence-electron chi connectivity index (χ3n) is 4.78. The van der Waals surface area contributed by atoms with Gasteiger partial charge in [-0.15, -0.1) is 0 Å². The zero-order valence-electron chi connectivity index (χ0n) is 14.7. The highest BCUT2D eigenvalue weighted by molar-refractivity contribution is 6.33. The summed E-state index contributed by atoms with van der Waals surface area (Å²) in [4.78, 5) is 16.0. The molecule has 134 valence electrons. The second-order valence-corrected chi connectivity index (χ2v) is 6.85. The topological polar surface area (TPSA) is 44.9 Å². The van der Waals surface area contributed by atoms with E-state index in [1.165, 1.54) is 5.39 Å². The van der Waals surface area contributed by atoms with E-state index in [1.807, 2.05) is 48.7 Å². The van der Waals surface area contributed by atoms with Crippen LogP contribution in [-0.4, -0.2) is 17.4 Å². The van der Waals surface area contributed by atoms with Gasteiger partial charge >= 0.3 is 0 Å². The monoisotopic (exact) mass is 374 g/mol. The summed E-state index contributed by atoms with van der Waals surface area (Å²) in [7, 11) is 0. The molecule has 3 aromatic carbocycles. The lowest BCUT2D eigenvalue weighted by Crippen LogP contribution is -2.29. The molecule has 0 aliphatic heterocycles. The predicted octanol–water partition coefficient (Wildman–Crippen LogP) is 5.38. The predicted molar refractivity (Wildman–Crippen MR) is 110 cm³/mol. The van der Waals surface area contributed by atoms with E-state index in [9.17, 15) is 4.79 Å². The molecule has 4 heteroatoms. The average Bonchev–Trinajstić information content (AvgIpc) is 3.13. The van der Waals surface area contributed by atoms with Gasteiger partial charge in [-0.1, -0.05) is 72.3 Å². The van der Waals surface area contributed by atoms with Gasteiger partial charge in [0.2, 0.25) is 0 Å². The summed E-state index contributed by atoms with van der Waals surface area (Å²) in [6.07, 6.45) is 2.03. The van der Waals surface area contributed by atoms with Gasteiger partial charge in [-0.2, -0.15) is 0 Å². The van der Waals surface area contributed by atoms with Gasteiger partial charge in [0.15, 0.2) is 0 Å². The first-order valence-electron chi connectivity index (χ1n) is 8.87. The molecule has 0 saturated heterocycles. The van der Waals surface area contributed by atoms with Gasteiger partial charge in [0, 0.05) is 29.6 Å². The zero-order chi connectivity index (χ0) is 18.6. The Labute approximate surface area is 163 Å². The van der Waals surface area contributed by atoms with Crippen molar-refractivity contribution in [3.8, 4) is 0 Å². The molecule has 0 spiro atoms. The summed E-state index contributed by atoms with van der Waals surface area (Å²) in [5.74, 6) is -0.129. The van der Waals surface area contributed by atoms with Gasteiger partial charge in [0.1, 0.15) is 0 Å². The molecule has 0 bridgehead atoms. The number of fused-ring (bicyclic) bond motifs is 1. The Kier molecular flexibility index (Phi) is 4.95. The maximum absolute atomic E-state index is 12.6. The second kappa shape index (κ2) is 7.68. The molecule has 0 saturated carbocycles. The van der Waals surface area contributed by atoms with E-state index in [2.05, 4.69) is 34.6 Å². The number of halogens is 1. The zero-order valence-corrected chi connectivity index (χ0v) is 15.4. The van der Waals surface area contributed by atoms with Crippen LogP contribution in [0.15, 0.2) is 85.1 Å². The van der Waals surface area contributed by atoms with Crippen molar-refractivity contribution < 1.29 is 4.79 Å². The van der Waals surface area contributed by atoms with Crippen molar-refractivity contribution >= 4 is 28.4 Å². The first kappa shape index (κ1) is 17.4. The van der Waals surface area contributed by atoms with Gasteiger partial charge in [-0.3, -0.25) is 4.79 Å². The molecular weight excluding hydrogens is 356 g/mol. The molecule has 3 nitrogen and oxygen atoms in total. The molecule has 4 rings (SSSR count). The summed E-state index contributed by atoms with van der Waals surface area (Å²) in [6, 6.07) is 25.5. The van der Waals surface area contributed by atoms with Crippen LogP contribution in [0.3, 0.4) is 0 Å². The largest absolute Gasteiger partial charge is 0.361 e. The fourth-order valence-electron chi connectivity index (χ4n) is 3.41. The summed E-state index contributed by atoms with van der Waals surface area (Å²) in [6.45, 7) is 0.482. The van der Waals surface area contributed by atoms with Crippen LogP contribution in [0.4, 0.5) is 0 Å². The smallest absolute Gasteiger partial charge is 0.252 e. The molecule has 1 heterocycles. The van der Waals surface area contributed by atoms with E-state index in [-0.39, 0.29) is 11.8 Å². The molecule has 1 atom stereocenters. The van der Waals surface area contributed by atoms with Crippen molar-refractivity contribution in [2.24, 2.45) is 0 Å². The summed E-state index contributed by atoms with van der Waals surface area (Å²) >= 11 is 6.16. The Hall–Kier alpha value is -3.04. The normalized spacial score (nSPS) is 12.0. The Bertz CT molecular complexity index is 1070. The number of nitrogens with one attached hydrogen (secondary N) is 2. The van der Waals surface area contributed by atoms with Gasteiger partial charge < -0.3 is 10.3 Å². The molecule has 2 N–H and O–H groups in total. The fraction of sp³-hybridized carbons (Fsp3) is 0.0870. The van der Waals surface area contributed by atoms with Crippen LogP contribution in [-0.2, 0) is 0 Å². The van der Waals surface area contributed by atoms with E-state index >= 15 is 0 Å². The van der Waals surface area contributed by atoms with Gasteiger partial charge in [0.25, 0.3) is 5.91 Å². The molecule has 4 aromatic rings. The van der Waals surface area contributed by atoms with Crippen molar-refractivity contribution in [2.75, 3.05) is 6.54 Å². The number of amides is 1. The highest BCUT2D eigenvalue weighted by Crippen LogP contribution is 2.30. The van der Waals surface area contributed by atoms with E-state index in [1.54, 1.807) is 12.1 Å². The maximum Gasteiger partial charge on any atom is 0.252 e. The molecular formula is C23H19ClN2O. The maximum atomic E-state index is 12.6. The summed E-state index contributed by atoms with van der Waals surface area (Å²) in [5.41, 5.74) is 3.90. The van der Waals surface area contributed by atoms with E-state index < -0.39 is 0 Å². The van der Waals surface area contributed by atoms with Crippen molar-refractivity contribution in [3.63, 3.8) is 0 Å². The number of benzene rings is 3. The minimum Gasteiger partial charge on any atom is -0.361 e. The van der Waals surface area contributed by atoms with E-state index in [0.717, 1.165) is 16.6 Å². The molecule has 0 radical (unpaired) electrons. The molecule has 1 aromatic heterocycles. The van der Waals surface area contributed by atoms with Crippen molar-refractivity contribution in [1.29, 1.82) is 0 Å². The number of para-hydroxylation sites is 1. The lowest BCUT2D eigenvalue weighted by molar-refractivity contribution is 0.0952. The number of hydrogen-bond donors (Lipinski definition) is 2. The first-order chi connectivity index (χ1) is 13.2. The minimum atomic E-state index is -0.165. The number of carbonyl (C=O) groups is 1. The Morgan fingerprint density at radius 1 is 0.926 bits per heavy atom. The number of carbonyl (C=O) groups excluding carboxylic acids is 1. The Balaban J connectivity index is 1.65. The van der Waals surface area contributed by atoms with Crippen LogP contribution in [0.25, 0.3) is 10.9 Å². The molecule has 0 fully saturated rings. The second-order valence-electron chi connectivity index (χ2n) is 6.44. The van der Waals surface area contributed by atoms with Crippen LogP contribution in [0, 0.1) is 0 Å². The number of hydrogen-bond acceptors (Lipinski definition) is 1. The third-order valence-corrected chi connectivity index (χ3v) is 5.11. The Morgan fingerprint density at radius 3 is 2.44 bits per heavy atom. The third kappa shape index (κ3) is 3.60. The summed E-state index contributed by atoms with van der Waals surface area (Å²) in [5, 5.41) is 4.68. The number of aromatic nitrogens is 1. The molecule has 27 heavy (non-hydrogen) atoms. The molecule has 0 aliphatic rings. The Morgan fingerprint density at radius 2 is 1.63 bits per heavy atom. The summed E-state index contributed by atoms with van der Waals surface area (Å²) < 4.78 is 0. The lowest BCUT2D eigenvalue weighted by atomic mass is 9.91. The fourth-order valence-corrected chi connectivity index (χ4v) is 3.63. The molecule has 0 aliphatic carbocycles. The number of H-pyrrole nitrogens is 1. The van der Waals surface area contributed by atoms with Gasteiger partial charge in [-0.05, 0) is 29.3 Å². The highest BCUT2D eigenvalue weighted by atomic mass is 35.5. The van der Waals surface area contributed by atoms with E-state index in [4.69, 9.17) is 11.6 Å². The van der Waals surface area contributed by atoms with Crippen molar-refractivity contribution in [2.45, 2.75) is 5.92 Å². The van der Waals surface area contributed by atoms with Crippen LogP contribution >= 0.6 is 11.6 Å². The standard InChI is InChI=1S/C23H19ClN2O/c24-21-12-6-4-11-18(21)23(27)26-14-19(16-8-2-1-3-9-16)20-15-25-22-13-7-5-10-17(20)22/h1-13,15,19,25H,14H2,(H,26,27)/t19-/m1/s1. The van der Waals surface area contributed by atoms with Crippen LogP contribution in [0.1, 0.15) is 27.4 Å². The molecule has 1 amide bonds. The average molecular weight is 375 g/mol. The quantitative estimate of drug-likeness (QED) is 0.483. The SMILES string of the molecule is O=C(NC[C@H](c1ccccc1)c1c[nH]c2ccccc12)c1ccccc1Cl. The van der Waals surface area contributed by atoms with Gasteiger partial charge in [0.05, 0.1) is 10.6 Å². The van der Waals surface area contributed by atoms with Crippen molar-refractivity contribution in [3.05, 3.63) is 107 Å². The van der Waals surface area contributed by atoms with Crippen LogP contribution in [0.2, 0.25) is 5.02 Å². The highest BCUT2D eigenvalue weighted by Gasteiger charge is 2.19. The first-order valence-corrected chi connectivity index (χ1v) is 9.25. The van der Waals surface area contributed by atoms with Crippen LogP contribution in [0.5, 0.6) is 0 Å². The molecule has 0 unspecified atom stereocenters. The lowest BCUT2D eigenvalue weighted by Gasteiger charge is -2.18.